The molecule has 1 saturated heterocycles. The van der Waals surface area contributed by atoms with Crippen molar-refractivity contribution in [2.45, 2.75) is 38.8 Å². The molecule has 0 atom stereocenters. The second-order valence-electron chi connectivity index (χ2n) is 5.72. The van der Waals surface area contributed by atoms with Gasteiger partial charge >= 0.3 is 0 Å². The van der Waals surface area contributed by atoms with E-state index in [-0.39, 0.29) is 5.54 Å². The highest BCUT2D eigenvalue weighted by molar-refractivity contribution is 5.16. The predicted octanol–water partition coefficient (Wildman–Crippen LogP) is 1.83. The van der Waals surface area contributed by atoms with Gasteiger partial charge in [0.05, 0.1) is 6.26 Å². The van der Waals surface area contributed by atoms with Crippen molar-refractivity contribution in [3.63, 3.8) is 0 Å². The van der Waals surface area contributed by atoms with Gasteiger partial charge in [-0.05, 0) is 52.5 Å². The maximum absolute atomic E-state index is 6.11. The fourth-order valence-corrected chi connectivity index (χ4v) is 3.03. The minimum absolute atomic E-state index is 0.148. The molecule has 0 spiro atoms. The molecule has 2 rings (SSSR count). The molecule has 0 bridgehead atoms. The molecule has 0 radical (unpaired) electrons. The number of likely N-dealkylation sites (N-methyl/N-ethyl adjacent to an activating group) is 1. The molecule has 2 N–H and O–H groups in total. The summed E-state index contributed by atoms with van der Waals surface area (Å²) in [5.74, 6) is 1.02. The van der Waals surface area contributed by atoms with Crippen molar-refractivity contribution in [2.75, 3.05) is 33.2 Å². The Labute approximate surface area is 116 Å². The standard InChI is InChI=1S/C15H27N3O/c1-4-18-8-6-15(12-16,7-9-18)17(3)11-14-5-10-19-13(14)2/h5,10H,4,6-9,11-12,16H2,1-3H3. The van der Waals surface area contributed by atoms with Crippen LogP contribution in [0.5, 0.6) is 0 Å². The van der Waals surface area contributed by atoms with E-state index in [1.54, 1.807) is 6.26 Å². The molecule has 0 aromatic carbocycles. The monoisotopic (exact) mass is 265 g/mol. The highest BCUT2D eigenvalue weighted by Crippen LogP contribution is 2.29. The number of hydrogen-bond donors (Lipinski definition) is 1. The van der Waals surface area contributed by atoms with Crippen LogP contribution in [0, 0.1) is 6.92 Å². The summed E-state index contributed by atoms with van der Waals surface area (Å²) in [6.45, 7) is 9.37. The molecule has 1 aromatic heterocycles. The first kappa shape index (κ1) is 14.6. The van der Waals surface area contributed by atoms with Gasteiger partial charge in [0, 0.05) is 24.2 Å². The Bertz CT molecular complexity index is 394. The summed E-state index contributed by atoms with van der Waals surface area (Å²) in [4.78, 5) is 4.93. The zero-order valence-corrected chi connectivity index (χ0v) is 12.5. The second-order valence-corrected chi connectivity index (χ2v) is 5.72. The van der Waals surface area contributed by atoms with Crippen molar-refractivity contribution in [3.05, 3.63) is 23.7 Å². The van der Waals surface area contributed by atoms with E-state index in [1.807, 2.05) is 6.92 Å². The minimum Gasteiger partial charge on any atom is -0.469 e. The molecule has 0 aliphatic carbocycles. The summed E-state index contributed by atoms with van der Waals surface area (Å²) in [6, 6.07) is 2.07. The SMILES string of the molecule is CCN1CCC(CN)(N(C)Cc2ccoc2C)CC1. The van der Waals surface area contributed by atoms with Gasteiger partial charge < -0.3 is 15.1 Å². The molecule has 1 aliphatic rings. The van der Waals surface area contributed by atoms with Crippen LogP contribution in [0.3, 0.4) is 0 Å². The third-order valence-corrected chi connectivity index (χ3v) is 4.80. The van der Waals surface area contributed by atoms with Crippen LogP contribution in [0.25, 0.3) is 0 Å². The molecule has 4 nitrogen and oxygen atoms in total. The Kier molecular flexibility index (Phi) is 4.66. The second kappa shape index (κ2) is 6.07. The number of furan rings is 1. The summed E-state index contributed by atoms with van der Waals surface area (Å²) in [7, 11) is 2.20. The minimum atomic E-state index is 0.148. The van der Waals surface area contributed by atoms with Crippen molar-refractivity contribution in [2.24, 2.45) is 5.73 Å². The van der Waals surface area contributed by atoms with E-state index in [2.05, 4.69) is 29.8 Å². The van der Waals surface area contributed by atoms with E-state index in [4.69, 9.17) is 10.2 Å². The number of aryl methyl sites for hydroxylation is 1. The summed E-state index contributed by atoms with van der Waals surface area (Å²) in [5, 5.41) is 0. The Hall–Kier alpha value is -0.840. The molecule has 0 unspecified atom stereocenters. The zero-order valence-electron chi connectivity index (χ0n) is 12.5. The molecule has 1 fully saturated rings. The first-order valence-electron chi connectivity index (χ1n) is 7.28. The van der Waals surface area contributed by atoms with Gasteiger partial charge in [0.2, 0.25) is 0 Å². The largest absolute Gasteiger partial charge is 0.469 e. The molecular formula is C15H27N3O. The van der Waals surface area contributed by atoms with Crippen molar-refractivity contribution >= 4 is 0 Å². The van der Waals surface area contributed by atoms with Gasteiger partial charge in [0.1, 0.15) is 5.76 Å². The van der Waals surface area contributed by atoms with Crippen LogP contribution in [-0.4, -0.2) is 48.6 Å². The Morgan fingerprint density at radius 2 is 2.11 bits per heavy atom. The third-order valence-electron chi connectivity index (χ3n) is 4.80. The number of nitrogens with zero attached hydrogens (tertiary/aromatic N) is 2. The lowest BCUT2D eigenvalue weighted by molar-refractivity contribution is 0.0416. The number of hydrogen-bond acceptors (Lipinski definition) is 4. The lowest BCUT2D eigenvalue weighted by atomic mass is 9.85. The number of nitrogens with two attached hydrogens (primary N) is 1. The van der Waals surface area contributed by atoms with Crippen molar-refractivity contribution in [3.8, 4) is 0 Å². The fraction of sp³-hybridized carbons (Fsp3) is 0.733. The van der Waals surface area contributed by atoms with E-state index in [0.717, 1.165) is 51.3 Å². The van der Waals surface area contributed by atoms with Crippen LogP contribution >= 0.6 is 0 Å². The Morgan fingerprint density at radius 1 is 1.42 bits per heavy atom. The zero-order chi connectivity index (χ0) is 13.9. The smallest absolute Gasteiger partial charge is 0.105 e. The van der Waals surface area contributed by atoms with Gasteiger partial charge in [0.15, 0.2) is 0 Å². The molecule has 1 aliphatic heterocycles. The van der Waals surface area contributed by atoms with Gasteiger partial charge in [-0.25, -0.2) is 0 Å². The average molecular weight is 265 g/mol. The summed E-state index contributed by atoms with van der Waals surface area (Å²) >= 11 is 0. The van der Waals surface area contributed by atoms with Gasteiger partial charge in [0.25, 0.3) is 0 Å². The molecule has 108 valence electrons. The van der Waals surface area contributed by atoms with Crippen LogP contribution in [0.2, 0.25) is 0 Å². The van der Waals surface area contributed by atoms with Crippen molar-refractivity contribution < 1.29 is 4.42 Å². The molecule has 2 heterocycles. The topological polar surface area (TPSA) is 45.6 Å². The van der Waals surface area contributed by atoms with Crippen molar-refractivity contribution in [1.29, 1.82) is 0 Å². The maximum atomic E-state index is 6.11. The van der Waals surface area contributed by atoms with Crippen LogP contribution in [-0.2, 0) is 6.54 Å². The maximum Gasteiger partial charge on any atom is 0.105 e. The lowest BCUT2D eigenvalue weighted by Crippen LogP contribution is -2.57. The van der Waals surface area contributed by atoms with Crippen molar-refractivity contribution in [1.82, 2.24) is 9.80 Å². The molecule has 0 saturated carbocycles. The van der Waals surface area contributed by atoms with Gasteiger partial charge in [-0.3, -0.25) is 4.90 Å². The number of likely N-dealkylation sites (tertiary alicyclic amines) is 1. The van der Waals surface area contributed by atoms with E-state index in [1.165, 1.54) is 5.56 Å². The van der Waals surface area contributed by atoms with Crippen LogP contribution < -0.4 is 5.73 Å². The third kappa shape index (κ3) is 3.02. The molecule has 19 heavy (non-hydrogen) atoms. The van der Waals surface area contributed by atoms with Crippen LogP contribution in [0.15, 0.2) is 16.7 Å². The van der Waals surface area contributed by atoms with E-state index in [0.29, 0.717) is 0 Å². The molecule has 4 heteroatoms. The highest BCUT2D eigenvalue weighted by atomic mass is 16.3. The van der Waals surface area contributed by atoms with E-state index >= 15 is 0 Å². The summed E-state index contributed by atoms with van der Waals surface area (Å²) in [6.07, 6.45) is 4.09. The number of piperidine rings is 1. The Morgan fingerprint density at radius 3 is 2.58 bits per heavy atom. The van der Waals surface area contributed by atoms with Gasteiger partial charge in [-0.1, -0.05) is 6.92 Å². The van der Waals surface area contributed by atoms with E-state index < -0.39 is 0 Å². The highest BCUT2D eigenvalue weighted by Gasteiger charge is 2.36. The molecule has 0 amide bonds. The quantitative estimate of drug-likeness (QED) is 0.882. The fourth-order valence-electron chi connectivity index (χ4n) is 3.03. The number of rotatable bonds is 5. The first-order valence-corrected chi connectivity index (χ1v) is 7.28. The Balaban J connectivity index is 2.03. The molecule has 1 aromatic rings. The van der Waals surface area contributed by atoms with Gasteiger partial charge in [-0.2, -0.15) is 0 Å². The molecular weight excluding hydrogens is 238 g/mol. The van der Waals surface area contributed by atoms with Gasteiger partial charge in [-0.15, -0.1) is 0 Å². The lowest BCUT2D eigenvalue weighted by Gasteiger charge is -2.47. The predicted molar refractivity (Wildman–Crippen MR) is 78.0 cm³/mol. The van der Waals surface area contributed by atoms with Crippen LogP contribution in [0.1, 0.15) is 31.1 Å². The average Bonchev–Trinajstić information content (AvgIpc) is 2.84. The van der Waals surface area contributed by atoms with E-state index in [9.17, 15) is 0 Å². The first-order chi connectivity index (χ1) is 9.11. The van der Waals surface area contributed by atoms with Crippen LogP contribution in [0.4, 0.5) is 0 Å². The summed E-state index contributed by atoms with van der Waals surface area (Å²) < 4.78 is 5.39. The summed E-state index contributed by atoms with van der Waals surface area (Å²) in [5.41, 5.74) is 7.53. The normalized spacial score (nSPS) is 20.1.